The first kappa shape index (κ1) is 11.9. The molecule has 0 aromatic heterocycles. The highest BCUT2D eigenvalue weighted by molar-refractivity contribution is 5.77. The Labute approximate surface area is 98.9 Å². The van der Waals surface area contributed by atoms with Crippen LogP contribution in [0, 0.1) is 5.82 Å². The smallest absolute Gasteiger partial charge is 0.220 e. The van der Waals surface area contributed by atoms with Crippen LogP contribution < -0.4 is 15.8 Å². The van der Waals surface area contributed by atoms with E-state index in [2.05, 4.69) is 5.32 Å². The van der Waals surface area contributed by atoms with Gasteiger partial charge in [0.25, 0.3) is 0 Å². The molecule has 1 aliphatic heterocycles. The van der Waals surface area contributed by atoms with Crippen molar-refractivity contribution < 1.29 is 13.9 Å². The van der Waals surface area contributed by atoms with Crippen LogP contribution in [0.15, 0.2) is 18.2 Å². The molecule has 1 heterocycles. The summed E-state index contributed by atoms with van der Waals surface area (Å²) in [6.07, 6.45) is 0.955. The number of rotatable bonds is 2. The molecule has 92 valence electrons. The topological polar surface area (TPSA) is 64.3 Å². The third kappa shape index (κ3) is 2.39. The maximum atomic E-state index is 13.7. The number of methoxy groups -OCH3 is 1. The van der Waals surface area contributed by atoms with Crippen molar-refractivity contribution in [2.24, 2.45) is 5.73 Å². The number of halogens is 1. The van der Waals surface area contributed by atoms with Gasteiger partial charge in [-0.1, -0.05) is 0 Å². The number of carbonyl (C=O) groups excluding carboxylic acids is 1. The maximum Gasteiger partial charge on any atom is 0.220 e. The fourth-order valence-corrected chi connectivity index (χ4v) is 2.01. The number of amides is 1. The molecule has 1 aromatic carbocycles. The summed E-state index contributed by atoms with van der Waals surface area (Å²) in [5, 5.41) is 2.72. The highest BCUT2D eigenvalue weighted by Crippen LogP contribution is 2.27. The molecule has 4 nitrogen and oxygen atoms in total. The largest absolute Gasteiger partial charge is 0.497 e. The van der Waals surface area contributed by atoms with E-state index in [4.69, 9.17) is 10.5 Å². The van der Waals surface area contributed by atoms with Crippen LogP contribution in [0.25, 0.3) is 0 Å². The van der Waals surface area contributed by atoms with Gasteiger partial charge in [0.1, 0.15) is 11.6 Å². The van der Waals surface area contributed by atoms with Gasteiger partial charge in [0, 0.05) is 18.0 Å². The highest BCUT2D eigenvalue weighted by atomic mass is 19.1. The molecule has 1 saturated heterocycles. The van der Waals surface area contributed by atoms with Crippen LogP contribution in [-0.2, 0) is 4.79 Å². The third-order valence-electron chi connectivity index (χ3n) is 2.99. The van der Waals surface area contributed by atoms with E-state index in [-0.39, 0.29) is 17.8 Å². The first-order chi connectivity index (χ1) is 8.11. The zero-order chi connectivity index (χ0) is 12.4. The molecule has 5 heteroatoms. The molecule has 17 heavy (non-hydrogen) atoms. The van der Waals surface area contributed by atoms with Gasteiger partial charge in [-0.3, -0.25) is 4.79 Å². The molecular weight excluding hydrogens is 223 g/mol. The Balaban J connectivity index is 2.34. The van der Waals surface area contributed by atoms with Crippen molar-refractivity contribution in [3.8, 4) is 5.75 Å². The zero-order valence-corrected chi connectivity index (χ0v) is 9.57. The van der Waals surface area contributed by atoms with Gasteiger partial charge in [0.05, 0.1) is 13.2 Å². The SMILES string of the molecule is COc1ccc(F)c([C@@H]2NC(=O)CC[C@H]2N)c1. The van der Waals surface area contributed by atoms with Crippen molar-refractivity contribution >= 4 is 5.91 Å². The predicted molar refractivity (Wildman–Crippen MR) is 61.0 cm³/mol. The first-order valence-corrected chi connectivity index (χ1v) is 5.50. The number of ether oxygens (including phenoxy) is 1. The lowest BCUT2D eigenvalue weighted by Gasteiger charge is -2.30. The number of piperidine rings is 1. The molecule has 0 bridgehead atoms. The van der Waals surface area contributed by atoms with Crippen molar-refractivity contribution in [1.82, 2.24) is 5.32 Å². The first-order valence-electron chi connectivity index (χ1n) is 5.50. The van der Waals surface area contributed by atoms with Crippen molar-refractivity contribution in [1.29, 1.82) is 0 Å². The molecule has 0 radical (unpaired) electrons. The van der Waals surface area contributed by atoms with Crippen molar-refractivity contribution in [2.45, 2.75) is 24.9 Å². The predicted octanol–water partition coefficient (Wildman–Crippen LogP) is 1.11. The van der Waals surface area contributed by atoms with Gasteiger partial charge in [0.2, 0.25) is 5.91 Å². The summed E-state index contributed by atoms with van der Waals surface area (Å²) in [5.41, 5.74) is 6.29. The van der Waals surface area contributed by atoms with Crippen molar-refractivity contribution in [3.05, 3.63) is 29.6 Å². The Morgan fingerprint density at radius 2 is 2.29 bits per heavy atom. The second-order valence-electron chi connectivity index (χ2n) is 4.14. The minimum absolute atomic E-state index is 0.0982. The van der Waals surface area contributed by atoms with Crippen LogP contribution in [0.1, 0.15) is 24.4 Å². The van der Waals surface area contributed by atoms with Crippen LogP contribution in [-0.4, -0.2) is 19.1 Å². The fourth-order valence-electron chi connectivity index (χ4n) is 2.01. The van der Waals surface area contributed by atoms with Gasteiger partial charge in [-0.2, -0.15) is 0 Å². The van der Waals surface area contributed by atoms with Crippen LogP contribution in [0.3, 0.4) is 0 Å². The normalized spacial score (nSPS) is 24.3. The lowest BCUT2D eigenvalue weighted by Crippen LogP contribution is -2.46. The van der Waals surface area contributed by atoms with E-state index in [1.54, 1.807) is 6.07 Å². The summed E-state index contributed by atoms with van der Waals surface area (Å²) >= 11 is 0. The quantitative estimate of drug-likeness (QED) is 0.811. The molecule has 0 aliphatic carbocycles. The Morgan fingerprint density at radius 1 is 1.53 bits per heavy atom. The Kier molecular flexibility index (Phi) is 3.28. The van der Waals surface area contributed by atoms with Gasteiger partial charge in [-0.05, 0) is 24.6 Å². The van der Waals surface area contributed by atoms with Crippen LogP contribution >= 0.6 is 0 Å². The Morgan fingerprint density at radius 3 is 3.00 bits per heavy atom. The fraction of sp³-hybridized carbons (Fsp3) is 0.417. The van der Waals surface area contributed by atoms with Crippen molar-refractivity contribution in [2.75, 3.05) is 7.11 Å². The van der Waals surface area contributed by atoms with Gasteiger partial charge in [-0.25, -0.2) is 4.39 Å². The van der Waals surface area contributed by atoms with E-state index >= 15 is 0 Å². The third-order valence-corrected chi connectivity index (χ3v) is 2.99. The molecule has 1 aromatic rings. The number of nitrogens with one attached hydrogen (secondary N) is 1. The number of hydrogen-bond donors (Lipinski definition) is 2. The molecule has 2 rings (SSSR count). The monoisotopic (exact) mass is 238 g/mol. The molecule has 1 aliphatic rings. The summed E-state index contributed by atoms with van der Waals surface area (Å²) in [7, 11) is 1.51. The van der Waals surface area contributed by atoms with E-state index in [0.717, 1.165) is 0 Å². The maximum absolute atomic E-state index is 13.7. The summed E-state index contributed by atoms with van der Waals surface area (Å²) < 4.78 is 18.8. The summed E-state index contributed by atoms with van der Waals surface area (Å²) in [6, 6.07) is 3.68. The number of benzene rings is 1. The molecule has 1 fully saturated rings. The van der Waals surface area contributed by atoms with Gasteiger partial charge in [0.15, 0.2) is 0 Å². The molecule has 1 amide bonds. The van der Waals surface area contributed by atoms with Gasteiger partial charge in [-0.15, -0.1) is 0 Å². The standard InChI is InChI=1S/C12H15FN2O2/c1-17-7-2-3-9(13)8(6-7)12-10(14)4-5-11(16)15-12/h2-3,6,10,12H,4-5,14H2,1H3,(H,15,16)/t10-,12+/m1/s1. The average molecular weight is 238 g/mol. The molecule has 2 atom stereocenters. The second kappa shape index (κ2) is 4.71. The number of carbonyl (C=O) groups is 1. The molecule has 0 unspecified atom stereocenters. The average Bonchev–Trinajstić information content (AvgIpc) is 2.33. The van der Waals surface area contributed by atoms with Crippen molar-refractivity contribution in [3.63, 3.8) is 0 Å². The van der Waals surface area contributed by atoms with E-state index < -0.39 is 6.04 Å². The summed E-state index contributed by atoms with van der Waals surface area (Å²) in [4.78, 5) is 11.3. The Bertz CT molecular complexity index is 437. The van der Waals surface area contributed by atoms with E-state index in [1.165, 1.54) is 19.2 Å². The van der Waals surface area contributed by atoms with Gasteiger partial charge >= 0.3 is 0 Å². The molecule has 0 saturated carbocycles. The molecule has 0 spiro atoms. The highest BCUT2D eigenvalue weighted by Gasteiger charge is 2.29. The van der Waals surface area contributed by atoms with E-state index in [1.807, 2.05) is 0 Å². The van der Waals surface area contributed by atoms with Crippen LogP contribution in [0.4, 0.5) is 4.39 Å². The number of hydrogen-bond acceptors (Lipinski definition) is 3. The summed E-state index contributed by atoms with van der Waals surface area (Å²) in [5.74, 6) is 0.0702. The number of nitrogens with two attached hydrogens (primary N) is 1. The summed E-state index contributed by atoms with van der Waals surface area (Å²) in [6.45, 7) is 0. The van der Waals surface area contributed by atoms with Crippen LogP contribution in [0.5, 0.6) is 5.75 Å². The molecular formula is C12H15FN2O2. The van der Waals surface area contributed by atoms with Gasteiger partial charge < -0.3 is 15.8 Å². The lowest BCUT2D eigenvalue weighted by atomic mass is 9.92. The Hall–Kier alpha value is -1.62. The van der Waals surface area contributed by atoms with Crippen LogP contribution in [0.2, 0.25) is 0 Å². The minimum Gasteiger partial charge on any atom is -0.497 e. The van der Waals surface area contributed by atoms with E-state index in [9.17, 15) is 9.18 Å². The second-order valence-corrected chi connectivity index (χ2v) is 4.14. The zero-order valence-electron chi connectivity index (χ0n) is 9.57. The van der Waals surface area contributed by atoms with E-state index in [0.29, 0.717) is 24.2 Å². The lowest BCUT2D eigenvalue weighted by molar-refractivity contribution is -0.123. The molecule has 3 N–H and O–H groups in total. The minimum atomic E-state index is -0.480.